The molecule has 3 heteroatoms. The number of hydrogen-bond acceptors (Lipinski definition) is 3. The summed E-state index contributed by atoms with van der Waals surface area (Å²) in [5.41, 5.74) is 2.70. The van der Waals surface area contributed by atoms with Crippen LogP contribution in [0.3, 0.4) is 0 Å². The van der Waals surface area contributed by atoms with Crippen LogP contribution in [0, 0.1) is 11.8 Å². The predicted molar refractivity (Wildman–Crippen MR) is 113 cm³/mol. The Morgan fingerprint density at radius 3 is 2.26 bits per heavy atom. The molecule has 1 aliphatic rings. The summed E-state index contributed by atoms with van der Waals surface area (Å²) in [7, 11) is 1.65. The van der Waals surface area contributed by atoms with E-state index in [2.05, 4.69) is 24.9 Å². The Bertz CT molecular complexity index is 754. The molecule has 0 amide bonds. The van der Waals surface area contributed by atoms with Gasteiger partial charge in [-0.05, 0) is 53.6 Å². The van der Waals surface area contributed by atoms with Crippen molar-refractivity contribution in [1.29, 1.82) is 0 Å². The molecule has 3 rings (SSSR count). The fraction of sp³-hybridized carbons (Fsp3) is 0.458. The van der Waals surface area contributed by atoms with Crippen LogP contribution in [0.5, 0.6) is 11.5 Å². The maximum Gasteiger partial charge on any atom is 0.127 e. The van der Waals surface area contributed by atoms with Gasteiger partial charge in [0.25, 0.3) is 0 Å². The second kappa shape index (κ2) is 9.07. The number of ether oxygens (including phenoxy) is 1. The zero-order valence-corrected chi connectivity index (χ0v) is 16.7. The van der Waals surface area contributed by atoms with Gasteiger partial charge >= 0.3 is 0 Å². The van der Waals surface area contributed by atoms with E-state index in [-0.39, 0.29) is 0 Å². The second-order valence-electron chi connectivity index (χ2n) is 7.86. The summed E-state index contributed by atoms with van der Waals surface area (Å²) in [6, 6.07) is 13.7. The van der Waals surface area contributed by atoms with Crippen LogP contribution >= 0.6 is 0 Å². The first-order chi connectivity index (χ1) is 13.1. The number of aliphatic imine (C=N–C) groups is 1. The maximum absolute atomic E-state index is 11.0. The van der Waals surface area contributed by atoms with Crippen LogP contribution in [0.15, 0.2) is 47.5 Å². The minimum Gasteiger partial charge on any atom is -0.507 e. The van der Waals surface area contributed by atoms with Gasteiger partial charge in [-0.3, -0.25) is 4.99 Å². The van der Waals surface area contributed by atoms with E-state index in [1.807, 2.05) is 36.4 Å². The quantitative estimate of drug-likeness (QED) is 0.631. The molecule has 27 heavy (non-hydrogen) atoms. The van der Waals surface area contributed by atoms with Crippen molar-refractivity contribution in [3.63, 3.8) is 0 Å². The first kappa shape index (κ1) is 19.5. The van der Waals surface area contributed by atoms with Gasteiger partial charge in [-0.2, -0.15) is 0 Å². The summed E-state index contributed by atoms with van der Waals surface area (Å²) in [5.74, 6) is 2.77. The van der Waals surface area contributed by atoms with Crippen LogP contribution in [0.25, 0.3) is 0 Å². The topological polar surface area (TPSA) is 41.8 Å². The number of rotatable bonds is 4. The zero-order chi connectivity index (χ0) is 19.2. The van der Waals surface area contributed by atoms with Gasteiger partial charge in [-0.25, -0.2) is 0 Å². The van der Waals surface area contributed by atoms with E-state index in [9.17, 15) is 5.11 Å². The molecule has 0 bridgehead atoms. The number of benzene rings is 2. The molecule has 0 heterocycles. The average Bonchev–Trinajstić information content (AvgIpc) is 2.67. The van der Waals surface area contributed by atoms with Crippen LogP contribution in [0.1, 0.15) is 63.0 Å². The molecular weight excluding hydrogens is 334 g/mol. The van der Waals surface area contributed by atoms with Crippen LogP contribution in [0.2, 0.25) is 0 Å². The summed E-state index contributed by atoms with van der Waals surface area (Å²) >= 11 is 0. The van der Waals surface area contributed by atoms with Crippen molar-refractivity contribution >= 4 is 11.9 Å². The molecule has 0 saturated heterocycles. The molecule has 0 spiro atoms. The highest BCUT2D eigenvalue weighted by molar-refractivity contribution is 5.86. The lowest BCUT2D eigenvalue weighted by Crippen LogP contribution is -2.20. The number of aromatic hydroxyl groups is 1. The monoisotopic (exact) mass is 365 g/mol. The van der Waals surface area contributed by atoms with Gasteiger partial charge in [0, 0.05) is 11.8 Å². The lowest BCUT2D eigenvalue weighted by Gasteiger charge is -2.33. The first-order valence-corrected chi connectivity index (χ1v) is 10.1. The lowest BCUT2D eigenvalue weighted by atomic mass is 9.72. The fourth-order valence-corrected chi connectivity index (χ4v) is 4.41. The number of para-hydroxylation sites is 1. The number of nitrogens with zero attached hydrogens (tertiary/aromatic N) is 1. The molecule has 144 valence electrons. The van der Waals surface area contributed by atoms with Crippen LogP contribution in [0.4, 0.5) is 5.69 Å². The number of phenols is 1. The van der Waals surface area contributed by atoms with E-state index in [4.69, 9.17) is 4.74 Å². The Hall–Kier alpha value is -2.29. The molecule has 2 aromatic rings. The van der Waals surface area contributed by atoms with Crippen molar-refractivity contribution < 1.29 is 9.84 Å². The Balaban J connectivity index is 1.86. The van der Waals surface area contributed by atoms with Crippen molar-refractivity contribution in [1.82, 2.24) is 0 Å². The smallest absolute Gasteiger partial charge is 0.127 e. The molecule has 1 saturated carbocycles. The largest absolute Gasteiger partial charge is 0.507 e. The third-order valence-corrected chi connectivity index (χ3v) is 5.93. The van der Waals surface area contributed by atoms with Crippen molar-refractivity contribution in [2.75, 3.05) is 7.11 Å². The predicted octanol–water partition coefficient (Wildman–Crippen LogP) is 6.47. The number of hydrogen-bond donors (Lipinski definition) is 1. The van der Waals surface area contributed by atoms with Gasteiger partial charge in [-0.15, -0.1) is 0 Å². The molecule has 1 fully saturated rings. The molecule has 2 unspecified atom stereocenters. The van der Waals surface area contributed by atoms with Gasteiger partial charge in [-0.1, -0.05) is 58.1 Å². The number of phenolic OH excluding ortho intramolecular Hbond substituents is 1. The fourth-order valence-electron chi connectivity index (χ4n) is 4.41. The Kier molecular flexibility index (Phi) is 6.54. The van der Waals surface area contributed by atoms with Gasteiger partial charge in [0.2, 0.25) is 0 Å². The molecule has 0 radical (unpaired) electrons. The van der Waals surface area contributed by atoms with Gasteiger partial charge in [0.15, 0.2) is 0 Å². The maximum atomic E-state index is 11.0. The first-order valence-electron chi connectivity index (χ1n) is 10.1. The molecule has 3 nitrogen and oxygen atoms in total. The van der Waals surface area contributed by atoms with Crippen LogP contribution in [-0.4, -0.2) is 18.4 Å². The molecular formula is C24H31NO2. The summed E-state index contributed by atoms with van der Waals surface area (Å²) in [6.07, 6.45) is 8.16. The summed E-state index contributed by atoms with van der Waals surface area (Å²) in [6.45, 7) is 4.67. The number of methoxy groups -OCH3 is 1. The standard InChI is InChI=1S/C24H31NO2/c1-17-8-5-4-6-9-18(2)23(17)22-11-7-10-19(24(22)26)16-25-20-12-14-21(27-3)15-13-20/h7,10-18,23,26H,4-6,8-9H2,1-3H3. The highest BCUT2D eigenvalue weighted by Gasteiger charge is 2.29. The van der Waals surface area contributed by atoms with E-state index < -0.39 is 0 Å². The van der Waals surface area contributed by atoms with Gasteiger partial charge < -0.3 is 9.84 Å². The Morgan fingerprint density at radius 1 is 0.963 bits per heavy atom. The Morgan fingerprint density at radius 2 is 1.63 bits per heavy atom. The van der Waals surface area contributed by atoms with Gasteiger partial charge in [0.1, 0.15) is 11.5 Å². The molecule has 2 aromatic carbocycles. The van der Waals surface area contributed by atoms with Crippen molar-refractivity contribution in [3.8, 4) is 11.5 Å². The van der Waals surface area contributed by atoms with E-state index in [1.54, 1.807) is 13.3 Å². The van der Waals surface area contributed by atoms with Crippen LogP contribution in [-0.2, 0) is 0 Å². The highest BCUT2D eigenvalue weighted by Crippen LogP contribution is 2.43. The van der Waals surface area contributed by atoms with E-state index >= 15 is 0 Å². The summed E-state index contributed by atoms with van der Waals surface area (Å²) in [5, 5.41) is 11.0. The van der Waals surface area contributed by atoms with E-state index in [0.29, 0.717) is 23.5 Å². The third kappa shape index (κ3) is 4.71. The van der Waals surface area contributed by atoms with E-state index in [0.717, 1.165) is 22.6 Å². The molecule has 1 aliphatic carbocycles. The van der Waals surface area contributed by atoms with Crippen molar-refractivity contribution in [2.24, 2.45) is 16.8 Å². The third-order valence-electron chi connectivity index (χ3n) is 5.93. The Labute approximate surface area is 163 Å². The van der Waals surface area contributed by atoms with Gasteiger partial charge in [0.05, 0.1) is 12.8 Å². The molecule has 1 N–H and O–H groups in total. The normalized spacial score (nSPS) is 23.7. The molecule has 0 aromatic heterocycles. The van der Waals surface area contributed by atoms with E-state index in [1.165, 1.54) is 32.1 Å². The lowest BCUT2D eigenvalue weighted by molar-refractivity contribution is 0.272. The molecule has 0 aliphatic heterocycles. The van der Waals surface area contributed by atoms with Crippen molar-refractivity contribution in [3.05, 3.63) is 53.6 Å². The highest BCUT2D eigenvalue weighted by atomic mass is 16.5. The molecule has 2 atom stereocenters. The minimum atomic E-state index is 0.388. The average molecular weight is 366 g/mol. The minimum absolute atomic E-state index is 0.388. The van der Waals surface area contributed by atoms with Crippen LogP contribution < -0.4 is 4.74 Å². The second-order valence-corrected chi connectivity index (χ2v) is 7.86. The zero-order valence-electron chi connectivity index (χ0n) is 16.7. The SMILES string of the molecule is COc1ccc(N=Cc2cccc(C3C(C)CCCCCC3C)c2O)cc1. The van der Waals surface area contributed by atoms with Crippen molar-refractivity contribution in [2.45, 2.75) is 51.9 Å². The summed E-state index contributed by atoms with van der Waals surface area (Å²) in [4.78, 5) is 4.53. The summed E-state index contributed by atoms with van der Waals surface area (Å²) < 4.78 is 5.18.